The van der Waals surface area contributed by atoms with Gasteiger partial charge in [-0.1, -0.05) is 92.5 Å². The Bertz CT molecular complexity index is 1350. The second kappa shape index (κ2) is 24.1. The predicted molar refractivity (Wildman–Crippen MR) is 200 cm³/mol. The number of aliphatic hydroxyl groups excluding tert-OH is 2. The number of carbonyl (C=O) groups excluding carboxylic acids is 3. The van der Waals surface area contributed by atoms with Gasteiger partial charge in [-0.3, -0.25) is 14.5 Å². The zero-order valence-electron chi connectivity index (χ0n) is 28.7. The number of esters is 1. The Balaban J connectivity index is 0.000000236. The summed E-state index contributed by atoms with van der Waals surface area (Å²) < 4.78 is 4.56. The number of amides is 2. The lowest BCUT2D eigenvalue weighted by atomic mass is 10.1. The van der Waals surface area contributed by atoms with Crippen molar-refractivity contribution in [3.8, 4) is 0 Å². The molecule has 3 aromatic rings. The van der Waals surface area contributed by atoms with Gasteiger partial charge in [0.15, 0.2) is 0 Å². The molecule has 2 saturated heterocycles. The number of nitrogens with one attached hydrogen (secondary N) is 1. The molecule has 0 bridgehead atoms. The molecule has 0 unspecified atom stereocenters. The van der Waals surface area contributed by atoms with E-state index in [1.165, 1.54) is 18.2 Å². The van der Waals surface area contributed by atoms with E-state index in [-0.39, 0.29) is 31.0 Å². The largest absolute Gasteiger partial charge is 0.465 e. The molecular weight excluding hydrogens is 756 g/mol. The molecule has 0 radical (unpaired) electrons. The highest BCUT2D eigenvalue weighted by Crippen LogP contribution is 2.11. The van der Waals surface area contributed by atoms with Crippen molar-refractivity contribution in [2.45, 2.75) is 44.3 Å². The van der Waals surface area contributed by atoms with E-state index >= 15 is 0 Å². The van der Waals surface area contributed by atoms with Crippen LogP contribution in [0.25, 0.3) is 0 Å². The Morgan fingerprint density at radius 3 is 1.39 bits per heavy atom. The molecule has 0 atom stereocenters. The molecule has 0 spiro atoms. The summed E-state index contributed by atoms with van der Waals surface area (Å²) in [5.74, 6) is 0.0644. The minimum absolute atomic E-state index is 0.0948. The summed E-state index contributed by atoms with van der Waals surface area (Å²) in [5.41, 5.74) is 6.12. The second-order valence-electron chi connectivity index (χ2n) is 11.4. The molecule has 2 aliphatic heterocycles. The monoisotopic (exact) mass is 804 g/mol. The van der Waals surface area contributed by atoms with Gasteiger partial charge >= 0.3 is 5.97 Å². The van der Waals surface area contributed by atoms with Crippen LogP contribution < -0.4 is 5.32 Å². The molecule has 0 saturated carbocycles. The van der Waals surface area contributed by atoms with E-state index < -0.39 is 0 Å². The highest BCUT2D eigenvalue weighted by atomic mass is 79.9. The quantitative estimate of drug-likeness (QED) is 0.232. The second-order valence-corrected chi connectivity index (χ2v) is 12.6. The summed E-state index contributed by atoms with van der Waals surface area (Å²) in [4.78, 5) is 39.0. The number of methoxy groups -OCH3 is 1. The number of hydrogen-bond acceptors (Lipinski definition) is 8. The zero-order valence-corrected chi connectivity index (χ0v) is 31.9. The summed E-state index contributed by atoms with van der Waals surface area (Å²) in [6.45, 7) is 11.5. The van der Waals surface area contributed by atoms with E-state index in [1.54, 1.807) is 26.0 Å². The lowest BCUT2D eigenvalue weighted by Gasteiger charge is -2.34. The molecule has 12 heteroatoms. The third-order valence-electron chi connectivity index (χ3n) is 7.88. The summed E-state index contributed by atoms with van der Waals surface area (Å²) >= 11 is 6.66. The first-order chi connectivity index (χ1) is 23.6. The van der Waals surface area contributed by atoms with Gasteiger partial charge in [0, 0.05) is 83.4 Å². The smallest absolute Gasteiger partial charge is 0.337 e. The van der Waals surface area contributed by atoms with Crippen LogP contribution >= 0.6 is 31.9 Å². The summed E-state index contributed by atoms with van der Waals surface area (Å²) in [7, 11) is 1.38. The van der Waals surface area contributed by atoms with Crippen molar-refractivity contribution < 1.29 is 29.3 Å². The first-order valence-corrected chi connectivity index (χ1v) is 18.5. The fourth-order valence-corrected chi connectivity index (χ4v) is 5.54. The topological polar surface area (TPSA) is 123 Å². The molecule has 49 heavy (non-hydrogen) atoms. The minimum Gasteiger partial charge on any atom is -0.465 e. The van der Waals surface area contributed by atoms with E-state index in [4.69, 9.17) is 10.2 Å². The normalized spacial score (nSPS) is 14.2. The van der Waals surface area contributed by atoms with Crippen LogP contribution in [0.15, 0.2) is 72.8 Å². The Hall–Kier alpha value is -3.13. The number of hydrogen-bond donors (Lipinski definition) is 3. The van der Waals surface area contributed by atoms with Crippen LogP contribution in [0.3, 0.4) is 0 Å². The van der Waals surface area contributed by atoms with Crippen molar-refractivity contribution in [1.29, 1.82) is 0 Å². The molecule has 0 aromatic heterocycles. The maximum absolute atomic E-state index is 11.2. The van der Waals surface area contributed by atoms with E-state index in [9.17, 15) is 14.4 Å². The van der Waals surface area contributed by atoms with Crippen LogP contribution in [0.1, 0.15) is 52.0 Å². The highest BCUT2D eigenvalue weighted by Gasteiger charge is 2.18. The van der Waals surface area contributed by atoms with Gasteiger partial charge in [0.05, 0.1) is 25.9 Å². The molecule has 5 rings (SSSR count). The Labute approximate surface area is 307 Å². The van der Waals surface area contributed by atoms with Gasteiger partial charge in [-0.2, -0.15) is 0 Å². The van der Waals surface area contributed by atoms with E-state index in [2.05, 4.69) is 58.9 Å². The lowest BCUT2D eigenvalue weighted by Crippen LogP contribution is -2.47. The SMILES string of the molecule is CC(=O)N1CCN(Cc2ccc(CO)cc2)CC1.CC(=O)N1CCNCC1.COC(=O)c1ccc(CBr)cc1.OCc1ccc(CBr)cc1. The number of carbonyl (C=O) groups is 3. The van der Waals surface area contributed by atoms with Crippen LogP contribution in [0.2, 0.25) is 0 Å². The summed E-state index contributed by atoms with van der Waals surface area (Å²) in [6, 6.07) is 23.2. The number of ether oxygens (including phenoxy) is 1. The lowest BCUT2D eigenvalue weighted by molar-refractivity contribution is -0.131. The Morgan fingerprint density at radius 1 is 0.633 bits per heavy atom. The summed E-state index contributed by atoms with van der Waals surface area (Å²) in [6.07, 6.45) is 0. The fraction of sp³-hybridized carbons (Fsp3) is 0.432. The van der Waals surface area contributed by atoms with Gasteiger partial charge in [0.25, 0.3) is 0 Å². The number of aliphatic hydroxyl groups is 2. The molecule has 3 N–H and O–H groups in total. The minimum atomic E-state index is -0.295. The van der Waals surface area contributed by atoms with Crippen molar-refractivity contribution in [1.82, 2.24) is 20.0 Å². The number of rotatable bonds is 7. The Kier molecular flexibility index (Phi) is 20.7. The number of piperazine rings is 2. The molecule has 2 fully saturated rings. The maximum Gasteiger partial charge on any atom is 0.337 e. The van der Waals surface area contributed by atoms with Crippen LogP contribution in [-0.4, -0.2) is 102 Å². The Morgan fingerprint density at radius 2 is 1.02 bits per heavy atom. The summed E-state index contributed by atoms with van der Waals surface area (Å²) in [5, 5.41) is 22.5. The van der Waals surface area contributed by atoms with Crippen molar-refractivity contribution >= 4 is 49.6 Å². The molecule has 2 heterocycles. The molecular formula is C37H50Br2N4O6. The molecule has 2 amide bonds. The predicted octanol–water partition coefficient (Wildman–Crippen LogP) is 4.72. The molecule has 268 valence electrons. The maximum atomic E-state index is 11.2. The van der Waals surface area contributed by atoms with Crippen LogP contribution in [0, 0.1) is 0 Å². The van der Waals surface area contributed by atoms with Crippen molar-refractivity contribution in [2.75, 3.05) is 59.5 Å². The van der Waals surface area contributed by atoms with Gasteiger partial charge in [0.2, 0.25) is 11.8 Å². The molecule has 3 aromatic carbocycles. The third kappa shape index (κ3) is 16.4. The average Bonchev–Trinajstić information content (AvgIpc) is 3.16. The molecule has 10 nitrogen and oxygen atoms in total. The fourth-order valence-electron chi connectivity index (χ4n) is 4.79. The number of benzene rings is 3. The number of halogens is 2. The standard InChI is InChI=1S/C14H20N2O2.C9H9BrO2.C8H9BrO.C6H12N2O/c1-12(18)16-8-6-15(7-9-16)10-13-2-4-14(11-17)5-3-13;1-12-9(11)8-4-2-7(6-10)3-5-8;9-5-7-1-3-8(6-10)4-2-7;1-6(9)8-4-2-7-3-5-8/h2-5,17H,6-11H2,1H3;2-5H,6H2,1H3;1-4,10H,5-6H2;7H,2-5H2,1H3. The third-order valence-corrected chi connectivity index (χ3v) is 9.18. The first kappa shape index (κ1) is 42.0. The average molecular weight is 807 g/mol. The van der Waals surface area contributed by atoms with Gasteiger partial charge < -0.3 is 30.1 Å². The number of alkyl halides is 2. The number of nitrogens with zero attached hydrogens (tertiary/aromatic N) is 3. The van der Waals surface area contributed by atoms with E-state index in [0.29, 0.717) is 5.56 Å². The van der Waals surface area contributed by atoms with Crippen LogP contribution in [0.5, 0.6) is 0 Å². The zero-order chi connectivity index (χ0) is 36.0. The van der Waals surface area contributed by atoms with Crippen molar-refractivity contribution in [3.05, 3.63) is 106 Å². The van der Waals surface area contributed by atoms with E-state index in [0.717, 1.165) is 86.3 Å². The van der Waals surface area contributed by atoms with Crippen molar-refractivity contribution in [2.24, 2.45) is 0 Å². The van der Waals surface area contributed by atoms with E-state index in [1.807, 2.05) is 58.3 Å². The first-order valence-electron chi connectivity index (χ1n) is 16.2. The van der Waals surface area contributed by atoms with Gasteiger partial charge in [-0.05, 0) is 39.9 Å². The van der Waals surface area contributed by atoms with Gasteiger partial charge in [-0.15, -0.1) is 0 Å². The van der Waals surface area contributed by atoms with Crippen LogP contribution in [0.4, 0.5) is 0 Å². The van der Waals surface area contributed by atoms with Crippen molar-refractivity contribution in [3.63, 3.8) is 0 Å². The molecule has 2 aliphatic rings. The molecule has 0 aliphatic carbocycles. The highest BCUT2D eigenvalue weighted by molar-refractivity contribution is 9.08. The van der Waals surface area contributed by atoms with Crippen LogP contribution in [-0.2, 0) is 44.7 Å². The van der Waals surface area contributed by atoms with Gasteiger partial charge in [0.1, 0.15) is 0 Å². The van der Waals surface area contributed by atoms with Gasteiger partial charge in [-0.25, -0.2) is 4.79 Å².